The molecule has 0 amide bonds. The molecule has 3 aromatic carbocycles. The van der Waals surface area contributed by atoms with Crippen LogP contribution in [0.1, 0.15) is 44.2 Å². The van der Waals surface area contributed by atoms with Crippen molar-refractivity contribution in [2.75, 3.05) is 20.3 Å². The van der Waals surface area contributed by atoms with Crippen molar-refractivity contribution >= 4 is 57.6 Å². The van der Waals surface area contributed by atoms with Gasteiger partial charge in [0.1, 0.15) is 19.1 Å². The molecule has 1 heterocycles. The van der Waals surface area contributed by atoms with Gasteiger partial charge in [-0.3, -0.25) is 9.59 Å². The number of carbonyl (C=O) groups is 2. The van der Waals surface area contributed by atoms with E-state index in [9.17, 15) is 18.0 Å². The Morgan fingerprint density at radius 3 is 2.35 bits per heavy atom. The summed E-state index contributed by atoms with van der Waals surface area (Å²) in [5, 5.41) is 6.04. The highest BCUT2D eigenvalue weighted by Crippen LogP contribution is 2.58. The molecule has 0 saturated heterocycles. The second-order valence-electron chi connectivity index (χ2n) is 14.6. The summed E-state index contributed by atoms with van der Waals surface area (Å²) in [6.07, 6.45) is 2.27. The van der Waals surface area contributed by atoms with Gasteiger partial charge in [0, 0.05) is 25.8 Å². The lowest BCUT2D eigenvalue weighted by molar-refractivity contribution is -0.165. The smallest absolute Gasteiger partial charge is 0.321 e. The minimum Gasteiger partial charge on any atom is -0.465 e. The maximum absolute atomic E-state index is 14.4. The van der Waals surface area contributed by atoms with Crippen LogP contribution in [0.4, 0.5) is 0 Å². The fraction of sp³-hybridized carbons (Fsp3) is 0.432. The first-order valence-corrected chi connectivity index (χ1v) is 21.7. The molecule has 6 rings (SSSR count). The quantitative estimate of drug-likeness (QED) is 0.105. The molecular formula is C37H44N2O7SSi. The van der Waals surface area contributed by atoms with Crippen LogP contribution in [-0.2, 0) is 45.8 Å². The molecule has 0 N–H and O–H groups in total. The van der Waals surface area contributed by atoms with Gasteiger partial charge in [-0.2, -0.15) is 0 Å². The number of nitrogens with zero attached hydrogens (tertiary/aromatic N) is 2. The summed E-state index contributed by atoms with van der Waals surface area (Å²) in [5.74, 6) is -1.25. The Morgan fingerprint density at radius 1 is 0.958 bits per heavy atom. The van der Waals surface area contributed by atoms with E-state index in [1.165, 1.54) is 18.0 Å². The number of benzene rings is 3. The number of aryl methyl sites for hydroxylation is 1. The first-order valence-electron chi connectivity index (χ1n) is 16.5. The van der Waals surface area contributed by atoms with E-state index in [2.05, 4.69) is 37.8 Å². The van der Waals surface area contributed by atoms with Crippen molar-refractivity contribution in [2.24, 2.45) is 16.5 Å². The molecular weight excluding hydrogens is 645 g/mol. The number of esters is 2. The largest absolute Gasteiger partial charge is 0.465 e. The van der Waals surface area contributed by atoms with Crippen LogP contribution >= 0.6 is 0 Å². The second-order valence-corrected chi connectivity index (χ2v) is 22.0. The molecule has 1 unspecified atom stereocenters. The molecule has 1 fully saturated rings. The third-order valence-electron chi connectivity index (χ3n) is 10.4. The topological polar surface area (TPSA) is 113 Å². The number of hydrogen-bond acceptors (Lipinski definition) is 8. The van der Waals surface area contributed by atoms with Crippen LogP contribution in [-0.4, -0.2) is 58.4 Å². The maximum Gasteiger partial charge on any atom is 0.321 e. The van der Waals surface area contributed by atoms with Crippen molar-refractivity contribution in [1.29, 1.82) is 0 Å². The number of para-hydroxylation sites is 1. The molecule has 11 heteroatoms. The third-order valence-corrected chi connectivity index (χ3v) is 13.8. The number of fused-ring (bicyclic) bond motifs is 6. The van der Waals surface area contributed by atoms with Gasteiger partial charge >= 0.3 is 11.9 Å². The van der Waals surface area contributed by atoms with Crippen molar-refractivity contribution in [3.8, 4) is 0 Å². The molecule has 48 heavy (non-hydrogen) atoms. The Bertz CT molecular complexity index is 2030. The molecule has 3 atom stereocenters. The van der Waals surface area contributed by atoms with Crippen LogP contribution < -0.4 is 0 Å². The second kappa shape index (κ2) is 12.5. The predicted molar refractivity (Wildman–Crippen MR) is 189 cm³/mol. The predicted octanol–water partition coefficient (Wildman–Crippen LogP) is 7.08. The van der Waals surface area contributed by atoms with Gasteiger partial charge in [0.15, 0.2) is 0 Å². The summed E-state index contributed by atoms with van der Waals surface area (Å²) in [6.45, 7) is 10.3. The zero-order valence-corrected chi connectivity index (χ0v) is 30.4. The molecule has 1 aromatic heterocycles. The number of aromatic nitrogens is 1. The summed E-state index contributed by atoms with van der Waals surface area (Å²) in [7, 11) is -3.96. The fourth-order valence-corrected chi connectivity index (χ4v) is 10.2. The Balaban J connectivity index is 1.54. The number of hydrogen-bond donors (Lipinski definition) is 0. The first-order chi connectivity index (χ1) is 22.7. The van der Waals surface area contributed by atoms with Crippen molar-refractivity contribution in [2.45, 2.75) is 75.5 Å². The Morgan fingerprint density at radius 2 is 1.67 bits per heavy atom. The normalized spacial score (nSPS) is 23.5. The van der Waals surface area contributed by atoms with Gasteiger partial charge in [0.25, 0.3) is 10.0 Å². The Labute approximate surface area is 283 Å². The lowest BCUT2D eigenvalue weighted by atomic mass is 9.48. The molecule has 4 aromatic rings. The van der Waals surface area contributed by atoms with Crippen molar-refractivity contribution in [3.05, 3.63) is 77.9 Å². The standard InChI is InChI=1S/C37H44N2O7SSi/c1-25(40)46-24-37(35(41)45-20-21-48(4,5)6)33-17-16-26-22-32-29(23-30(26)36(33,2)19-18-34(37)38-44-3)28-14-10-11-15-31(28)39(32)47(42,43)27-12-8-7-9-13-27/h7-15,22-23,33H,16-21,24H2,1-6H3/t33-,36?,37-/m1/s1. The minimum absolute atomic E-state index is 0.192. The van der Waals surface area contributed by atoms with E-state index in [1.54, 1.807) is 30.3 Å². The Hall–Kier alpha value is -3.96. The highest BCUT2D eigenvalue weighted by molar-refractivity contribution is 7.90. The van der Waals surface area contributed by atoms with Gasteiger partial charge < -0.3 is 14.3 Å². The highest BCUT2D eigenvalue weighted by Gasteiger charge is 2.63. The van der Waals surface area contributed by atoms with Gasteiger partial charge in [0.2, 0.25) is 0 Å². The zero-order chi connectivity index (χ0) is 34.5. The van der Waals surface area contributed by atoms with Gasteiger partial charge in [-0.05, 0) is 84.5 Å². The van der Waals surface area contributed by atoms with Gasteiger partial charge in [-0.25, -0.2) is 12.4 Å². The lowest BCUT2D eigenvalue weighted by Gasteiger charge is -2.54. The van der Waals surface area contributed by atoms with Crippen LogP contribution in [0, 0.1) is 11.3 Å². The molecule has 0 aliphatic heterocycles. The molecule has 0 bridgehead atoms. The monoisotopic (exact) mass is 688 g/mol. The highest BCUT2D eigenvalue weighted by atomic mass is 32.2. The molecule has 0 radical (unpaired) electrons. The van der Waals surface area contributed by atoms with E-state index in [1.807, 2.05) is 30.3 Å². The van der Waals surface area contributed by atoms with Gasteiger partial charge in [-0.15, -0.1) is 0 Å². The van der Waals surface area contributed by atoms with E-state index in [4.69, 9.17) is 14.3 Å². The van der Waals surface area contributed by atoms with E-state index in [-0.39, 0.29) is 24.0 Å². The average molecular weight is 689 g/mol. The van der Waals surface area contributed by atoms with Crippen molar-refractivity contribution in [1.82, 2.24) is 3.97 Å². The van der Waals surface area contributed by atoms with Crippen LogP contribution in [0.5, 0.6) is 0 Å². The molecule has 2 aliphatic rings. The summed E-state index contributed by atoms with van der Waals surface area (Å²) in [4.78, 5) is 32.2. The Kier molecular flexibility index (Phi) is 8.82. The summed E-state index contributed by atoms with van der Waals surface area (Å²) < 4.78 is 41.5. The summed E-state index contributed by atoms with van der Waals surface area (Å²) in [6, 6.07) is 21.0. The zero-order valence-electron chi connectivity index (χ0n) is 28.5. The van der Waals surface area contributed by atoms with Crippen molar-refractivity contribution < 1.29 is 32.3 Å². The van der Waals surface area contributed by atoms with Crippen LogP contribution in [0.3, 0.4) is 0 Å². The average Bonchev–Trinajstić information content (AvgIpc) is 3.37. The third kappa shape index (κ3) is 5.64. The van der Waals surface area contributed by atoms with Gasteiger partial charge in [-0.1, -0.05) is 68.1 Å². The molecule has 0 spiro atoms. The molecule has 2 aliphatic carbocycles. The summed E-state index contributed by atoms with van der Waals surface area (Å²) in [5.41, 5.74) is 1.96. The molecule has 9 nitrogen and oxygen atoms in total. The maximum atomic E-state index is 14.4. The van der Waals surface area contributed by atoms with E-state index >= 15 is 0 Å². The van der Waals surface area contributed by atoms with Crippen LogP contribution in [0.2, 0.25) is 25.7 Å². The minimum atomic E-state index is -3.91. The number of carbonyl (C=O) groups excluding carboxylic acids is 2. The van der Waals surface area contributed by atoms with E-state index in [0.717, 1.165) is 27.9 Å². The number of ether oxygens (including phenoxy) is 2. The fourth-order valence-electron chi connectivity index (χ4n) is 7.96. The number of oxime groups is 1. The van der Waals surface area contributed by atoms with E-state index < -0.39 is 40.9 Å². The molecule has 254 valence electrons. The van der Waals surface area contributed by atoms with Crippen LogP contribution in [0.15, 0.2) is 76.8 Å². The van der Waals surface area contributed by atoms with Crippen LogP contribution in [0.25, 0.3) is 21.8 Å². The van der Waals surface area contributed by atoms with Crippen molar-refractivity contribution in [3.63, 3.8) is 0 Å². The first kappa shape index (κ1) is 33.9. The van der Waals surface area contributed by atoms with Gasteiger partial charge in [0.05, 0.1) is 28.2 Å². The lowest BCUT2D eigenvalue weighted by Crippen LogP contribution is -2.61. The SMILES string of the molecule is CON=C1CCC2(C)c3cc4c5ccccc5n(S(=O)(=O)c5ccccc5)c4cc3CC[C@H]2[C@@]1(COC(C)=O)C(=O)OCC[Si](C)(C)C. The summed E-state index contributed by atoms with van der Waals surface area (Å²) >= 11 is 0. The number of rotatable bonds is 9. The van der Waals surface area contributed by atoms with E-state index in [0.29, 0.717) is 42.4 Å². The molecule has 1 saturated carbocycles.